The van der Waals surface area contributed by atoms with Gasteiger partial charge in [0, 0.05) is 19.0 Å². The van der Waals surface area contributed by atoms with Crippen LogP contribution in [0.25, 0.3) is 10.7 Å². The molecule has 0 aliphatic carbocycles. The summed E-state index contributed by atoms with van der Waals surface area (Å²) >= 11 is 1.41. The number of aromatic nitrogens is 4. The summed E-state index contributed by atoms with van der Waals surface area (Å²) in [6, 6.07) is 5.01. The highest BCUT2D eigenvalue weighted by molar-refractivity contribution is 7.90. The van der Waals surface area contributed by atoms with E-state index < -0.39 is 9.84 Å². The normalized spacial score (nSPS) is 11.4. The number of hydrogen-bond acceptors (Lipinski definition) is 10. The highest BCUT2D eigenvalue weighted by Gasteiger charge is 2.16. The Bertz CT molecular complexity index is 1110. The predicted octanol–water partition coefficient (Wildman–Crippen LogP) is 2.38. The molecule has 0 aliphatic rings. The summed E-state index contributed by atoms with van der Waals surface area (Å²) in [7, 11) is -1.56. The number of anilines is 4. The zero-order valence-electron chi connectivity index (χ0n) is 15.2. The summed E-state index contributed by atoms with van der Waals surface area (Å²) < 4.78 is 23.8. The average Bonchev–Trinajstić information content (AvgIpc) is 2.96. The lowest BCUT2D eigenvalue weighted by Gasteiger charge is -2.10. The number of nitrogens with two attached hydrogens (primary N) is 1. The molecule has 142 valence electrons. The van der Waals surface area contributed by atoms with Crippen LogP contribution in [0.4, 0.5) is 22.7 Å². The molecule has 0 saturated carbocycles. The molecule has 3 aromatic rings. The van der Waals surface area contributed by atoms with Crippen molar-refractivity contribution < 1.29 is 8.42 Å². The highest BCUT2D eigenvalue weighted by atomic mass is 32.2. The largest absolute Gasteiger partial charge is 0.368 e. The Morgan fingerprint density at radius 1 is 1.11 bits per heavy atom. The van der Waals surface area contributed by atoms with Gasteiger partial charge in [0.1, 0.15) is 0 Å². The van der Waals surface area contributed by atoms with E-state index in [1.165, 1.54) is 17.6 Å². The first-order valence-electron chi connectivity index (χ1n) is 7.92. The van der Waals surface area contributed by atoms with Crippen molar-refractivity contribution in [1.29, 1.82) is 0 Å². The van der Waals surface area contributed by atoms with Crippen LogP contribution in [0.5, 0.6) is 0 Å². The van der Waals surface area contributed by atoms with Crippen LogP contribution >= 0.6 is 11.3 Å². The van der Waals surface area contributed by atoms with Crippen LogP contribution in [0.1, 0.15) is 11.3 Å². The Balaban J connectivity index is 1.99. The Labute approximate surface area is 161 Å². The number of nitrogens with zero attached hydrogens (tertiary/aromatic N) is 4. The summed E-state index contributed by atoms with van der Waals surface area (Å²) in [6.07, 6.45) is 1.17. The van der Waals surface area contributed by atoms with E-state index in [-0.39, 0.29) is 16.8 Å². The first-order chi connectivity index (χ1) is 12.7. The van der Waals surface area contributed by atoms with Gasteiger partial charge in [-0.2, -0.15) is 15.0 Å². The van der Waals surface area contributed by atoms with Gasteiger partial charge in [-0.15, -0.1) is 0 Å². The summed E-state index contributed by atoms with van der Waals surface area (Å²) in [4.78, 5) is 18.1. The third kappa shape index (κ3) is 4.14. The van der Waals surface area contributed by atoms with Crippen molar-refractivity contribution in [3.8, 4) is 10.7 Å². The fraction of sp³-hybridized carbons (Fsp3) is 0.250. The molecule has 0 radical (unpaired) electrons. The molecule has 0 saturated heterocycles. The minimum atomic E-state index is -3.34. The van der Waals surface area contributed by atoms with E-state index in [1.807, 2.05) is 6.92 Å². The van der Waals surface area contributed by atoms with Gasteiger partial charge in [0.05, 0.1) is 15.5 Å². The third-order valence-electron chi connectivity index (χ3n) is 3.71. The zero-order valence-corrected chi connectivity index (χ0v) is 16.9. The molecule has 2 aromatic heterocycles. The molecule has 0 fully saturated rings. The Morgan fingerprint density at radius 3 is 2.48 bits per heavy atom. The maximum Gasteiger partial charge on any atom is 0.232 e. The third-order valence-corrected chi connectivity index (χ3v) is 6.12. The van der Waals surface area contributed by atoms with E-state index in [0.717, 1.165) is 15.7 Å². The Hall–Kier alpha value is -2.79. The van der Waals surface area contributed by atoms with Crippen molar-refractivity contribution in [3.05, 3.63) is 29.5 Å². The number of benzene rings is 1. The minimum Gasteiger partial charge on any atom is -0.368 e. The monoisotopic (exact) mass is 405 g/mol. The van der Waals surface area contributed by atoms with Crippen LogP contribution in [-0.4, -0.2) is 41.7 Å². The fourth-order valence-electron chi connectivity index (χ4n) is 2.47. The standard InChI is InChI=1S/C16H19N7O2S2/c1-8-5-6-10(7-11(8)27(4,24)25)20-15-22-13(21-14(17)23-15)12-9(2)19-16(18-3)26-12/h5-7H,1-4H3,(H,18,19)(H3,17,20,21,22,23). The second-order valence-corrected chi connectivity index (χ2v) is 8.89. The van der Waals surface area contributed by atoms with E-state index >= 15 is 0 Å². The van der Waals surface area contributed by atoms with Crippen molar-refractivity contribution in [2.45, 2.75) is 18.7 Å². The summed E-state index contributed by atoms with van der Waals surface area (Å²) in [6.45, 7) is 3.60. The Morgan fingerprint density at radius 2 is 1.85 bits per heavy atom. The molecule has 2 heterocycles. The maximum absolute atomic E-state index is 11.9. The van der Waals surface area contributed by atoms with Gasteiger partial charge in [0.15, 0.2) is 20.8 Å². The molecule has 0 atom stereocenters. The lowest BCUT2D eigenvalue weighted by molar-refractivity contribution is 0.601. The second kappa shape index (κ2) is 7.08. The van der Waals surface area contributed by atoms with Crippen molar-refractivity contribution in [1.82, 2.24) is 19.9 Å². The zero-order chi connectivity index (χ0) is 19.8. The molecule has 4 N–H and O–H groups in total. The van der Waals surface area contributed by atoms with Crippen LogP contribution in [0.3, 0.4) is 0 Å². The van der Waals surface area contributed by atoms with Crippen molar-refractivity contribution in [3.63, 3.8) is 0 Å². The lowest BCUT2D eigenvalue weighted by Crippen LogP contribution is -2.06. The van der Waals surface area contributed by atoms with Crippen LogP contribution in [-0.2, 0) is 9.84 Å². The number of hydrogen-bond donors (Lipinski definition) is 3. The average molecular weight is 406 g/mol. The predicted molar refractivity (Wildman–Crippen MR) is 107 cm³/mol. The quantitative estimate of drug-likeness (QED) is 0.584. The molecule has 9 nitrogen and oxygen atoms in total. The highest BCUT2D eigenvalue weighted by Crippen LogP contribution is 2.31. The number of thiazole rings is 1. The lowest BCUT2D eigenvalue weighted by atomic mass is 10.2. The van der Waals surface area contributed by atoms with Crippen LogP contribution in [0.2, 0.25) is 0 Å². The van der Waals surface area contributed by atoms with E-state index in [4.69, 9.17) is 5.73 Å². The van der Waals surface area contributed by atoms with Gasteiger partial charge >= 0.3 is 0 Å². The van der Waals surface area contributed by atoms with Gasteiger partial charge in [0.25, 0.3) is 0 Å². The first kappa shape index (κ1) is 19.0. The molecule has 0 aliphatic heterocycles. The molecule has 27 heavy (non-hydrogen) atoms. The topological polar surface area (TPSA) is 136 Å². The van der Waals surface area contributed by atoms with Gasteiger partial charge in [-0.05, 0) is 31.5 Å². The summed E-state index contributed by atoms with van der Waals surface area (Å²) in [5.74, 6) is 0.674. The van der Waals surface area contributed by atoms with Gasteiger partial charge in [0.2, 0.25) is 11.9 Å². The van der Waals surface area contributed by atoms with E-state index in [0.29, 0.717) is 17.1 Å². The number of nitrogens with one attached hydrogen (secondary N) is 2. The number of nitrogen functional groups attached to an aromatic ring is 1. The van der Waals surface area contributed by atoms with Gasteiger partial charge in [-0.25, -0.2) is 13.4 Å². The van der Waals surface area contributed by atoms with E-state index in [9.17, 15) is 8.42 Å². The molecule has 1 aromatic carbocycles. The van der Waals surface area contributed by atoms with Crippen LogP contribution in [0.15, 0.2) is 23.1 Å². The van der Waals surface area contributed by atoms with Gasteiger partial charge in [-0.1, -0.05) is 17.4 Å². The molecule has 0 spiro atoms. The number of rotatable bonds is 5. The molecule has 11 heteroatoms. The molecule has 0 bridgehead atoms. The SMILES string of the molecule is CNc1nc(C)c(-c2nc(N)nc(Nc3ccc(C)c(S(C)(=O)=O)c3)n2)s1. The molecule has 0 unspecified atom stereocenters. The summed E-state index contributed by atoms with van der Waals surface area (Å²) in [5, 5.41) is 6.72. The fourth-order valence-corrected chi connectivity index (χ4v) is 4.31. The second-order valence-electron chi connectivity index (χ2n) is 5.90. The van der Waals surface area contributed by atoms with Crippen molar-refractivity contribution >= 4 is 43.9 Å². The smallest absolute Gasteiger partial charge is 0.232 e. The van der Waals surface area contributed by atoms with Crippen LogP contribution < -0.4 is 16.4 Å². The first-order valence-corrected chi connectivity index (χ1v) is 10.6. The van der Waals surface area contributed by atoms with E-state index in [1.54, 1.807) is 32.2 Å². The van der Waals surface area contributed by atoms with Crippen LogP contribution in [0, 0.1) is 13.8 Å². The summed E-state index contributed by atoms with van der Waals surface area (Å²) in [5.41, 5.74) is 7.81. The Kier molecular flexibility index (Phi) is 4.98. The number of aryl methyl sites for hydroxylation is 2. The minimum absolute atomic E-state index is 0.0526. The molecular weight excluding hydrogens is 386 g/mol. The van der Waals surface area contributed by atoms with Crippen molar-refractivity contribution in [2.75, 3.05) is 29.7 Å². The molecular formula is C16H19N7O2S2. The van der Waals surface area contributed by atoms with E-state index in [2.05, 4.69) is 30.6 Å². The molecule has 0 amide bonds. The number of sulfone groups is 1. The van der Waals surface area contributed by atoms with Gasteiger partial charge in [-0.3, -0.25) is 0 Å². The maximum atomic E-state index is 11.9. The molecule has 3 rings (SSSR count). The van der Waals surface area contributed by atoms with Gasteiger partial charge < -0.3 is 16.4 Å². The van der Waals surface area contributed by atoms with Crippen molar-refractivity contribution in [2.24, 2.45) is 0 Å².